The molecule has 3 heterocycles. The van der Waals surface area contributed by atoms with Gasteiger partial charge < -0.3 is 18.9 Å². The first-order valence-corrected chi connectivity index (χ1v) is 11.0. The van der Waals surface area contributed by atoms with Crippen LogP contribution in [0.4, 0.5) is 13.2 Å². The molecule has 0 saturated carbocycles. The summed E-state index contributed by atoms with van der Waals surface area (Å²) in [5.41, 5.74) is -3.50. The molecule has 0 spiro atoms. The number of hydrogen-bond donors (Lipinski definition) is 0. The lowest BCUT2D eigenvalue weighted by molar-refractivity contribution is -0.306. The quantitative estimate of drug-likeness (QED) is 0.260. The van der Waals surface area contributed by atoms with Gasteiger partial charge in [0.05, 0.1) is 11.9 Å². The third-order valence-electron chi connectivity index (χ3n) is 5.46. The van der Waals surface area contributed by atoms with Crippen LogP contribution in [0.3, 0.4) is 0 Å². The smallest absolute Gasteiger partial charge is 0.424 e. The zero-order valence-corrected chi connectivity index (χ0v) is 19.9. The number of imidazole rings is 1. The average molecular weight is 543 g/mol. The van der Waals surface area contributed by atoms with Crippen molar-refractivity contribution >= 4 is 40.7 Å². The molecule has 0 unspecified atom stereocenters. The predicted octanol–water partition coefficient (Wildman–Crippen LogP) is 3.03. The van der Waals surface area contributed by atoms with Crippen LogP contribution in [-0.4, -0.2) is 68.0 Å². The highest BCUT2D eigenvalue weighted by Crippen LogP contribution is 2.50. The maximum atomic E-state index is 14.8. The number of carbonyl (C=O) groups is 3. The molecule has 1 aliphatic rings. The molecule has 1 saturated heterocycles. The molecule has 0 N–H and O–H groups in total. The van der Waals surface area contributed by atoms with Gasteiger partial charge in [-0.3, -0.25) is 14.2 Å². The van der Waals surface area contributed by atoms with Crippen LogP contribution in [0.2, 0.25) is 5.15 Å². The van der Waals surface area contributed by atoms with Crippen molar-refractivity contribution in [1.29, 1.82) is 0 Å². The third kappa shape index (κ3) is 4.93. The van der Waals surface area contributed by atoms with Crippen molar-refractivity contribution < 1.29 is 46.5 Å². The highest BCUT2D eigenvalue weighted by atomic mass is 35.5. The van der Waals surface area contributed by atoms with Gasteiger partial charge in [-0.2, -0.15) is 13.2 Å². The number of aromatic nitrogens is 4. The topological polar surface area (TPSA) is 132 Å². The maximum Gasteiger partial charge on any atom is 0.424 e. The summed E-state index contributed by atoms with van der Waals surface area (Å²) < 4.78 is 66.0. The summed E-state index contributed by atoms with van der Waals surface area (Å²) in [6, 6.07) is 7.27. The van der Waals surface area contributed by atoms with Crippen LogP contribution in [-0.2, 0) is 28.5 Å². The first kappa shape index (κ1) is 26.3. The fourth-order valence-electron chi connectivity index (χ4n) is 3.90. The maximum absolute atomic E-state index is 14.8. The summed E-state index contributed by atoms with van der Waals surface area (Å²) in [4.78, 5) is 48.1. The van der Waals surface area contributed by atoms with E-state index in [-0.39, 0.29) is 21.9 Å². The lowest BCUT2D eigenvalue weighted by Crippen LogP contribution is -2.59. The molecule has 1 aliphatic heterocycles. The van der Waals surface area contributed by atoms with Crippen LogP contribution in [0.1, 0.15) is 30.4 Å². The second kappa shape index (κ2) is 9.94. The number of benzene rings is 1. The van der Waals surface area contributed by atoms with E-state index in [1.807, 2.05) is 0 Å². The number of esters is 3. The number of nitrogens with zero attached hydrogens (tertiary/aromatic N) is 4. The van der Waals surface area contributed by atoms with Crippen molar-refractivity contribution in [3.63, 3.8) is 0 Å². The first-order valence-electron chi connectivity index (χ1n) is 10.6. The van der Waals surface area contributed by atoms with E-state index in [1.165, 1.54) is 24.3 Å². The summed E-state index contributed by atoms with van der Waals surface area (Å²) in [5, 5.41) is -0.0961. The number of hydrogen-bond acceptors (Lipinski definition) is 10. The van der Waals surface area contributed by atoms with Gasteiger partial charge in [0, 0.05) is 13.8 Å². The number of rotatable bonds is 6. The molecule has 0 aliphatic carbocycles. The molecule has 1 fully saturated rings. The van der Waals surface area contributed by atoms with Gasteiger partial charge in [-0.1, -0.05) is 29.8 Å². The molecule has 11 nitrogen and oxygen atoms in total. The predicted molar refractivity (Wildman–Crippen MR) is 117 cm³/mol. The average Bonchev–Trinajstić information content (AvgIpc) is 3.38. The summed E-state index contributed by atoms with van der Waals surface area (Å²) in [6.07, 6.45) is -9.11. The standard InChI is InChI=1S/C22H18ClF3N4O7/c1-11(31)35-15-16(36-12(2)32)21(22(24,25)26,8-34-20(33)13-6-4-3-5-7-13)37-19(15)30-10-29-14-17(23)27-9-28-18(14)30/h3-7,9-10,15-16,19H,8H2,1-2H3/t15-,16+,19-,21+/m1/s1. The molecule has 37 heavy (non-hydrogen) atoms. The molecule has 0 bridgehead atoms. The van der Waals surface area contributed by atoms with Gasteiger partial charge >= 0.3 is 24.1 Å². The van der Waals surface area contributed by atoms with E-state index in [0.717, 1.165) is 31.1 Å². The summed E-state index contributed by atoms with van der Waals surface area (Å²) in [6.45, 7) is 0.393. The largest absolute Gasteiger partial charge is 0.458 e. The third-order valence-corrected chi connectivity index (χ3v) is 5.74. The number of alkyl halides is 3. The zero-order chi connectivity index (χ0) is 27.0. The Bertz CT molecular complexity index is 1340. The van der Waals surface area contributed by atoms with Gasteiger partial charge in [0.1, 0.15) is 18.5 Å². The molecule has 3 aromatic rings. The fourth-order valence-corrected chi connectivity index (χ4v) is 4.08. The van der Waals surface area contributed by atoms with Crippen molar-refractivity contribution in [1.82, 2.24) is 19.5 Å². The molecule has 2 aromatic heterocycles. The van der Waals surface area contributed by atoms with Crippen molar-refractivity contribution in [2.45, 2.75) is 44.1 Å². The Balaban J connectivity index is 1.82. The van der Waals surface area contributed by atoms with Crippen molar-refractivity contribution in [3.8, 4) is 0 Å². The van der Waals surface area contributed by atoms with Crippen LogP contribution in [0.25, 0.3) is 11.2 Å². The molecule has 196 valence electrons. The normalized spacial score (nSPS) is 23.6. The molecular formula is C22H18ClF3N4O7. The van der Waals surface area contributed by atoms with E-state index in [2.05, 4.69) is 15.0 Å². The van der Waals surface area contributed by atoms with Gasteiger partial charge in [0.15, 0.2) is 29.2 Å². The van der Waals surface area contributed by atoms with Gasteiger partial charge in [-0.15, -0.1) is 0 Å². The monoisotopic (exact) mass is 542 g/mol. The van der Waals surface area contributed by atoms with E-state index in [9.17, 15) is 27.6 Å². The SMILES string of the molecule is CC(=O)O[C@H]1[C@H](n2cnc3c(Cl)ncnc32)O[C@](COC(=O)c2ccccc2)(C(F)(F)F)[C@H]1OC(C)=O. The van der Waals surface area contributed by atoms with Gasteiger partial charge in [0.25, 0.3) is 0 Å². The minimum atomic E-state index is -5.29. The van der Waals surface area contributed by atoms with E-state index in [1.54, 1.807) is 6.07 Å². The Hall–Kier alpha value is -3.78. The van der Waals surface area contributed by atoms with Crippen molar-refractivity contribution in [2.24, 2.45) is 0 Å². The number of fused-ring (bicyclic) bond motifs is 1. The number of carbonyl (C=O) groups excluding carboxylic acids is 3. The lowest BCUT2D eigenvalue weighted by atomic mass is 9.94. The van der Waals surface area contributed by atoms with Gasteiger partial charge in [-0.25, -0.2) is 19.7 Å². The molecular weight excluding hydrogens is 525 g/mol. The Morgan fingerprint density at radius 1 is 1.08 bits per heavy atom. The lowest BCUT2D eigenvalue weighted by Gasteiger charge is -2.35. The minimum Gasteiger partial charge on any atom is -0.458 e. The number of halogens is 4. The van der Waals surface area contributed by atoms with E-state index < -0.39 is 54.7 Å². The van der Waals surface area contributed by atoms with Crippen molar-refractivity contribution in [2.75, 3.05) is 6.61 Å². The molecule has 15 heteroatoms. The fraction of sp³-hybridized carbons (Fsp3) is 0.364. The van der Waals surface area contributed by atoms with Crippen LogP contribution in [0.15, 0.2) is 43.0 Å². The Kier molecular flexibility index (Phi) is 7.06. The van der Waals surface area contributed by atoms with E-state index >= 15 is 0 Å². The van der Waals surface area contributed by atoms with Crippen LogP contribution in [0, 0.1) is 0 Å². The molecule has 4 rings (SSSR count). The summed E-state index contributed by atoms with van der Waals surface area (Å²) in [5.74, 6) is -3.21. The zero-order valence-electron chi connectivity index (χ0n) is 19.1. The van der Waals surface area contributed by atoms with Crippen LogP contribution in [0.5, 0.6) is 0 Å². The highest BCUT2D eigenvalue weighted by molar-refractivity contribution is 6.33. The molecule has 0 radical (unpaired) electrons. The minimum absolute atomic E-state index is 0.0260. The van der Waals surface area contributed by atoms with Crippen molar-refractivity contribution in [3.05, 3.63) is 53.7 Å². The van der Waals surface area contributed by atoms with Crippen LogP contribution < -0.4 is 0 Å². The number of ether oxygens (including phenoxy) is 4. The van der Waals surface area contributed by atoms with Crippen LogP contribution >= 0.6 is 11.6 Å². The molecule has 0 amide bonds. The first-order chi connectivity index (χ1) is 17.4. The Labute approximate surface area is 211 Å². The Morgan fingerprint density at radius 2 is 1.76 bits per heavy atom. The molecule has 4 atom stereocenters. The summed E-state index contributed by atoms with van der Waals surface area (Å²) >= 11 is 6.01. The Morgan fingerprint density at radius 3 is 2.38 bits per heavy atom. The second-order valence-corrected chi connectivity index (χ2v) is 8.29. The second-order valence-electron chi connectivity index (χ2n) is 7.93. The van der Waals surface area contributed by atoms with E-state index in [4.69, 9.17) is 30.5 Å². The van der Waals surface area contributed by atoms with Gasteiger partial charge in [-0.05, 0) is 12.1 Å². The highest BCUT2D eigenvalue weighted by Gasteiger charge is 2.73. The van der Waals surface area contributed by atoms with Gasteiger partial charge in [0.2, 0.25) is 5.60 Å². The molecule has 1 aromatic carbocycles. The summed E-state index contributed by atoms with van der Waals surface area (Å²) in [7, 11) is 0. The van der Waals surface area contributed by atoms with E-state index in [0.29, 0.717) is 0 Å².